The molecule has 0 fully saturated rings. The third-order valence-corrected chi connectivity index (χ3v) is 5.52. The summed E-state index contributed by atoms with van der Waals surface area (Å²) in [4.78, 5) is 39.7. The number of hydrogen-bond donors (Lipinski definition) is 0. The summed E-state index contributed by atoms with van der Waals surface area (Å²) in [7, 11) is 0. The number of nitrogens with zero attached hydrogens (tertiary/aromatic N) is 3. The highest BCUT2D eigenvalue weighted by atomic mass is 35.5. The largest absolute Gasteiger partial charge is 0.494 e. The van der Waals surface area contributed by atoms with E-state index in [0.717, 1.165) is 10.8 Å². The van der Waals surface area contributed by atoms with Gasteiger partial charge in [0.1, 0.15) is 12.3 Å². The van der Waals surface area contributed by atoms with Gasteiger partial charge in [0.05, 0.1) is 38.9 Å². The lowest BCUT2D eigenvalue weighted by Gasteiger charge is -2.06. The Bertz CT molecular complexity index is 1230. The highest BCUT2D eigenvalue weighted by Gasteiger charge is 2.17. The van der Waals surface area contributed by atoms with E-state index in [9.17, 15) is 19.7 Å². The van der Waals surface area contributed by atoms with E-state index in [1.807, 2.05) is 6.92 Å². The number of benzene rings is 2. The van der Waals surface area contributed by atoms with Crippen molar-refractivity contribution in [2.45, 2.75) is 20.4 Å². The molecule has 0 unspecified atom stereocenters. The van der Waals surface area contributed by atoms with Gasteiger partial charge in [0, 0.05) is 12.1 Å². The summed E-state index contributed by atoms with van der Waals surface area (Å²) in [5.41, 5.74) is 0.282. The Morgan fingerprint density at radius 2 is 1.97 bits per heavy atom. The average Bonchev–Trinajstić information content (AvgIpc) is 3.04. The van der Waals surface area contributed by atoms with Crippen LogP contribution >= 0.6 is 22.9 Å². The fourth-order valence-electron chi connectivity index (χ4n) is 2.82. The highest BCUT2D eigenvalue weighted by molar-refractivity contribution is 7.16. The van der Waals surface area contributed by atoms with Gasteiger partial charge in [-0.1, -0.05) is 22.9 Å². The molecular formula is C20H18ClN3O6S. The number of esters is 1. The Kier molecular flexibility index (Phi) is 7.03. The number of carbonyl (C=O) groups excluding carboxylic acids is 2. The first-order valence-electron chi connectivity index (χ1n) is 9.28. The molecule has 0 saturated heterocycles. The lowest BCUT2D eigenvalue weighted by Crippen LogP contribution is -2.23. The molecule has 0 aliphatic rings. The number of non-ortho nitro benzene ring substituents is 1. The first kappa shape index (κ1) is 22.4. The fourth-order valence-corrected chi connectivity index (χ4v) is 4.08. The summed E-state index contributed by atoms with van der Waals surface area (Å²) < 4.78 is 12.8. The van der Waals surface area contributed by atoms with E-state index < -0.39 is 16.8 Å². The van der Waals surface area contributed by atoms with Crippen LogP contribution in [0.3, 0.4) is 0 Å². The van der Waals surface area contributed by atoms with E-state index >= 15 is 0 Å². The van der Waals surface area contributed by atoms with Gasteiger partial charge in [0.2, 0.25) is 0 Å². The van der Waals surface area contributed by atoms with E-state index in [-0.39, 0.29) is 34.2 Å². The first-order chi connectivity index (χ1) is 14.8. The molecule has 0 aliphatic carbocycles. The molecule has 0 aliphatic heterocycles. The number of carbonyl (C=O) groups is 2. The number of fused-ring (bicyclic) bond motifs is 1. The van der Waals surface area contributed by atoms with E-state index in [2.05, 4.69) is 4.99 Å². The van der Waals surface area contributed by atoms with Gasteiger partial charge in [0.25, 0.3) is 11.6 Å². The number of thiazole rings is 1. The van der Waals surface area contributed by atoms with E-state index in [1.54, 1.807) is 29.7 Å². The van der Waals surface area contributed by atoms with Crippen LogP contribution in [0.2, 0.25) is 5.02 Å². The predicted molar refractivity (Wildman–Crippen MR) is 116 cm³/mol. The molecule has 0 spiro atoms. The zero-order valence-corrected chi connectivity index (χ0v) is 18.2. The van der Waals surface area contributed by atoms with Crippen molar-refractivity contribution >= 4 is 50.7 Å². The van der Waals surface area contributed by atoms with Crippen molar-refractivity contribution in [2.75, 3.05) is 13.2 Å². The van der Waals surface area contributed by atoms with E-state index in [4.69, 9.17) is 21.1 Å². The topological polar surface area (TPSA) is 113 Å². The number of nitro benzene ring substituents is 1. The summed E-state index contributed by atoms with van der Waals surface area (Å²) in [5.74, 6) is -0.611. The molecule has 0 saturated carbocycles. The molecule has 3 aromatic rings. The molecule has 9 nitrogen and oxygen atoms in total. The molecule has 0 bridgehead atoms. The van der Waals surface area contributed by atoms with Crippen molar-refractivity contribution in [3.05, 3.63) is 61.9 Å². The minimum absolute atomic E-state index is 0.0380. The molecule has 31 heavy (non-hydrogen) atoms. The van der Waals surface area contributed by atoms with Crippen LogP contribution in [0.1, 0.15) is 24.2 Å². The molecule has 0 radical (unpaired) electrons. The third kappa shape index (κ3) is 5.09. The molecule has 11 heteroatoms. The molecule has 1 aromatic heterocycles. The quantitative estimate of drug-likeness (QED) is 0.297. The van der Waals surface area contributed by atoms with E-state index in [0.29, 0.717) is 17.9 Å². The monoisotopic (exact) mass is 463 g/mol. The van der Waals surface area contributed by atoms with Crippen molar-refractivity contribution in [1.82, 2.24) is 4.57 Å². The highest BCUT2D eigenvalue weighted by Crippen LogP contribution is 2.25. The number of ether oxygens (including phenoxy) is 2. The SMILES string of the molecule is CCOC(=O)Cn1c(=NC(=O)c2cc([N+](=O)[O-])ccc2Cl)sc2cc(OCC)ccc21. The number of halogens is 1. The minimum atomic E-state index is -0.761. The molecule has 3 rings (SSSR count). The third-order valence-electron chi connectivity index (χ3n) is 4.15. The second-order valence-electron chi connectivity index (χ2n) is 6.18. The van der Waals surface area contributed by atoms with Gasteiger partial charge in [-0.05, 0) is 38.1 Å². The molecule has 0 atom stereocenters. The van der Waals surface area contributed by atoms with Crippen molar-refractivity contribution in [3.63, 3.8) is 0 Å². The van der Waals surface area contributed by atoms with Gasteiger partial charge in [-0.25, -0.2) is 0 Å². The Hall–Kier alpha value is -3.24. The van der Waals surface area contributed by atoms with Crippen molar-refractivity contribution in [3.8, 4) is 5.75 Å². The van der Waals surface area contributed by atoms with Crippen LogP contribution in [0.5, 0.6) is 5.75 Å². The van der Waals surface area contributed by atoms with Crippen molar-refractivity contribution < 1.29 is 24.0 Å². The predicted octanol–water partition coefficient (Wildman–Crippen LogP) is 3.97. The van der Waals surface area contributed by atoms with Crippen LogP contribution in [-0.2, 0) is 16.1 Å². The summed E-state index contributed by atoms with van der Waals surface area (Å²) in [6, 6.07) is 8.85. The molecule has 0 N–H and O–H groups in total. The van der Waals surface area contributed by atoms with Crippen LogP contribution in [0.15, 0.2) is 41.4 Å². The Labute approximate surface area is 185 Å². The summed E-state index contributed by atoms with van der Waals surface area (Å²) in [6.07, 6.45) is 0. The van der Waals surface area contributed by atoms with E-state index in [1.165, 1.54) is 23.5 Å². The van der Waals surface area contributed by atoms with Gasteiger partial charge < -0.3 is 14.0 Å². The van der Waals surface area contributed by atoms with Crippen LogP contribution in [0.4, 0.5) is 5.69 Å². The minimum Gasteiger partial charge on any atom is -0.494 e. The first-order valence-corrected chi connectivity index (χ1v) is 10.5. The normalized spacial score (nSPS) is 11.5. The zero-order valence-electron chi connectivity index (χ0n) is 16.7. The number of aromatic nitrogens is 1. The maximum Gasteiger partial charge on any atom is 0.326 e. The number of amides is 1. The molecule has 1 amide bonds. The van der Waals surface area contributed by atoms with Crippen LogP contribution in [0.25, 0.3) is 10.2 Å². The molecule has 1 heterocycles. The number of nitro groups is 1. The van der Waals surface area contributed by atoms with Crippen LogP contribution in [-0.4, -0.2) is 34.6 Å². The van der Waals surface area contributed by atoms with Crippen LogP contribution in [0, 0.1) is 10.1 Å². The Morgan fingerprint density at radius 1 is 1.19 bits per heavy atom. The van der Waals surface area contributed by atoms with Gasteiger partial charge in [-0.15, -0.1) is 0 Å². The lowest BCUT2D eigenvalue weighted by molar-refractivity contribution is -0.384. The molecular weight excluding hydrogens is 446 g/mol. The smallest absolute Gasteiger partial charge is 0.326 e. The zero-order chi connectivity index (χ0) is 22.5. The fraction of sp³-hybridized carbons (Fsp3) is 0.250. The van der Waals surface area contributed by atoms with Crippen LogP contribution < -0.4 is 9.54 Å². The second kappa shape index (κ2) is 9.71. The summed E-state index contributed by atoms with van der Waals surface area (Å²) in [6.45, 7) is 4.10. The number of rotatable bonds is 7. The second-order valence-corrected chi connectivity index (χ2v) is 7.59. The van der Waals surface area contributed by atoms with Gasteiger partial charge in [-0.2, -0.15) is 4.99 Å². The van der Waals surface area contributed by atoms with Gasteiger partial charge in [-0.3, -0.25) is 19.7 Å². The summed E-state index contributed by atoms with van der Waals surface area (Å²) >= 11 is 7.24. The maximum atomic E-state index is 12.8. The summed E-state index contributed by atoms with van der Waals surface area (Å²) in [5, 5.41) is 11.1. The Balaban J connectivity index is 2.13. The van der Waals surface area contributed by atoms with Gasteiger partial charge >= 0.3 is 5.97 Å². The lowest BCUT2D eigenvalue weighted by atomic mass is 10.2. The maximum absolute atomic E-state index is 12.8. The average molecular weight is 464 g/mol. The Morgan fingerprint density at radius 3 is 2.65 bits per heavy atom. The number of hydrogen-bond acceptors (Lipinski definition) is 7. The standard InChI is InChI=1S/C20H18ClN3O6S/c1-3-29-13-6-8-16-17(10-13)31-20(23(16)11-18(25)30-4-2)22-19(26)14-9-12(24(27)28)5-7-15(14)21/h5-10H,3-4,11H2,1-2H3. The van der Waals surface area contributed by atoms with Gasteiger partial charge in [0.15, 0.2) is 4.80 Å². The molecule has 162 valence electrons. The van der Waals surface area contributed by atoms with Crippen molar-refractivity contribution in [1.29, 1.82) is 0 Å². The van der Waals surface area contributed by atoms with Crippen molar-refractivity contribution in [2.24, 2.45) is 4.99 Å². The molecule has 2 aromatic carbocycles.